The first-order valence-electron chi connectivity index (χ1n) is 8.00. The zero-order valence-corrected chi connectivity index (χ0v) is 14.9. The third kappa shape index (κ3) is 3.37. The predicted octanol–water partition coefficient (Wildman–Crippen LogP) is 3.14. The van der Waals surface area contributed by atoms with Crippen molar-refractivity contribution < 1.29 is 19.0 Å². The highest BCUT2D eigenvalue weighted by atomic mass is 35.5. The molecule has 27 heavy (non-hydrogen) atoms. The minimum Gasteiger partial charge on any atom is -0.454 e. The molecule has 0 unspecified atom stereocenters. The van der Waals surface area contributed by atoms with E-state index in [2.05, 4.69) is 5.10 Å². The smallest absolute Gasteiger partial charge is 0.368 e. The maximum atomic E-state index is 12.5. The largest absolute Gasteiger partial charge is 0.454 e. The molecule has 3 aromatic rings. The van der Waals surface area contributed by atoms with Crippen molar-refractivity contribution in [2.45, 2.75) is 6.92 Å². The molecule has 0 fully saturated rings. The summed E-state index contributed by atoms with van der Waals surface area (Å²) >= 11 is 5.90. The fourth-order valence-corrected chi connectivity index (χ4v) is 2.75. The summed E-state index contributed by atoms with van der Waals surface area (Å²) in [6, 6.07) is 12.9. The third-order valence-corrected chi connectivity index (χ3v) is 4.18. The zero-order valence-electron chi connectivity index (χ0n) is 14.1. The van der Waals surface area contributed by atoms with Crippen LogP contribution in [0.3, 0.4) is 0 Å². The Morgan fingerprint density at radius 2 is 1.85 bits per heavy atom. The summed E-state index contributed by atoms with van der Waals surface area (Å²) in [6.07, 6.45) is 0. The van der Waals surface area contributed by atoms with Gasteiger partial charge in [0.25, 0.3) is 0 Å². The van der Waals surface area contributed by atoms with Crippen LogP contribution >= 0.6 is 11.6 Å². The number of esters is 1. The molecule has 0 saturated heterocycles. The fraction of sp³-hybridized carbons (Fsp3) is 0.105. The molecule has 0 N–H and O–H groups in total. The summed E-state index contributed by atoms with van der Waals surface area (Å²) in [5.74, 6) is 0.398. The number of fused-ring (bicyclic) bond motifs is 1. The van der Waals surface area contributed by atoms with Crippen LogP contribution in [-0.2, 0) is 0 Å². The van der Waals surface area contributed by atoms with Gasteiger partial charge in [0.1, 0.15) is 5.75 Å². The first kappa shape index (κ1) is 17.1. The molecule has 2 heterocycles. The molecule has 0 bridgehead atoms. The van der Waals surface area contributed by atoms with Gasteiger partial charge >= 0.3 is 5.97 Å². The van der Waals surface area contributed by atoms with Crippen LogP contribution in [0.15, 0.2) is 53.3 Å². The van der Waals surface area contributed by atoms with E-state index < -0.39 is 11.4 Å². The molecule has 136 valence electrons. The Morgan fingerprint density at radius 3 is 2.63 bits per heavy atom. The number of aryl methyl sites for hydroxylation is 1. The van der Waals surface area contributed by atoms with Gasteiger partial charge in [0, 0.05) is 22.8 Å². The van der Waals surface area contributed by atoms with Gasteiger partial charge in [-0.05, 0) is 43.3 Å². The van der Waals surface area contributed by atoms with Crippen LogP contribution in [0.1, 0.15) is 16.2 Å². The lowest BCUT2D eigenvalue weighted by atomic mass is 10.2. The van der Waals surface area contributed by atoms with Crippen LogP contribution in [0.4, 0.5) is 0 Å². The molecule has 0 spiro atoms. The van der Waals surface area contributed by atoms with Crippen molar-refractivity contribution >= 4 is 17.6 Å². The van der Waals surface area contributed by atoms with E-state index in [0.29, 0.717) is 27.9 Å². The highest BCUT2D eigenvalue weighted by Crippen LogP contribution is 2.35. The van der Waals surface area contributed by atoms with Crippen molar-refractivity contribution in [1.29, 1.82) is 0 Å². The number of hydrogen-bond acceptors (Lipinski definition) is 6. The second-order valence-corrected chi connectivity index (χ2v) is 6.23. The van der Waals surface area contributed by atoms with E-state index in [1.54, 1.807) is 43.3 Å². The van der Waals surface area contributed by atoms with Gasteiger partial charge in [-0.15, -0.1) is 0 Å². The van der Waals surface area contributed by atoms with Gasteiger partial charge in [0.15, 0.2) is 11.5 Å². The van der Waals surface area contributed by atoms with Crippen LogP contribution in [0.2, 0.25) is 5.02 Å². The lowest BCUT2D eigenvalue weighted by Crippen LogP contribution is -2.25. The highest BCUT2D eigenvalue weighted by molar-refractivity contribution is 6.30. The number of nitrogens with zero attached hydrogens (tertiary/aromatic N) is 2. The van der Waals surface area contributed by atoms with E-state index in [1.165, 1.54) is 16.8 Å². The average Bonchev–Trinajstić information content (AvgIpc) is 3.10. The highest BCUT2D eigenvalue weighted by Gasteiger charge is 2.20. The molecular formula is C19H13ClN2O5. The Kier molecular flexibility index (Phi) is 4.29. The average molecular weight is 385 g/mol. The van der Waals surface area contributed by atoms with Crippen molar-refractivity contribution in [3.8, 4) is 22.9 Å². The molecule has 8 heteroatoms. The number of aromatic nitrogens is 2. The third-order valence-electron chi connectivity index (χ3n) is 3.93. The normalized spacial score (nSPS) is 12.1. The molecule has 0 amide bonds. The van der Waals surface area contributed by atoms with Crippen molar-refractivity contribution in [2.24, 2.45) is 0 Å². The lowest BCUT2D eigenvalue weighted by molar-refractivity contribution is 0.0724. The quantitative estimate of drug-likeness (QED) is 0.510. The number of carbonyl (C=O) groups excluding carboxylic acids is 1. The van der Waals surface area contributed by atoms with E-state index in [4.69, 9.17) is 25.8 Å². The first-order valence-corrected chi connectivity index (χ1v) is 8.38. The monoisotopic (exact) mass is 384 g/mol. The summed E-state index contributed by atoms with van der Waals surface area (Å²) in [4.78, 5) is 24.7. The van der Waals surface area contributed by atoms with E-state index in [0.717, 1.165) is 0 Å². The van der Waals surface area contributed by atoms with Gasteiger partial charge < -0.3 is 14.2 Å². The van der Waals surface area contributed by atoms with Crippen molar-refractivity contribution in [2.75, 3.05) is 6.79 Å². The summed E-state index contributed by atoms with van der Waals surface area (Å²) < 4.78 is 17.2. The lowest BCUT2D eigenvalue weighted by Gasteiger charge is -2.11. The van der Waals surface area contributed by atoms with Crippen molar-refractivity contribution in [3.63, 3.8) is 0 Å². The summed E-state index contributed by atoms with van der Waals surface area (Å²) in [7, 11) is 0. The Balaban J connectivity index is 1.66. The van der Waals surface area contributed by atoms with Crippen LogP contribution in [-0.4, -0.2) is 22.5 Å². The minimum atomic E-state index is -0.860. The first-order chi connectivity index (χ1) is 13.0. The Labute approximate surface area is 158 Å². The molecule has 1 aliphatic rings. The number of carbonyl (C=O) groups is 1. The van der Waals surface area contributed by atoms with Crippen LogP contribution in [0.25, 0.3) is 5.69 Å². The fourth-order valence-electron chi connectivity index (χ4n) is 2.63. The van der Waals surface area contributed by atoms with Gasteiger partial charge in [-0.2, -0.15) is 5.10 Å². The number of rotatable bonds is 3. The molecular weight excluding hydrogens is 372 g/mol. The molecule has 1 aromatic heterocycles. The van der Waals surface area contributed by atoms with Crippen molar-refractivity contribution in [3.05, 3.63) is 75.2 Å². The van der Waals surface area contributed by atoms with E-state index >= 15 is 0 Å². The molecule has 1 aliphatic heterocycles. The second kappa shape index (κ2) is 6.77. The maximum absolute atomic E-state index is 12.5. The van der Waals surface area contributed by atoms with Crippen LogP contribution in [0.5, 0.6) is 17.2 Å². The molecule has 0 atom stereocenters. The summed E-state index contributed by atoms with van der Waals surface area (Å²) in [6.45, 7) is 1.83. The number of halogens is 1. The summed E-state index contributed by atoms with van der Waals surface area (Å²) in [5, 5.41) is 4.74. The Morgan fingerprint density at radius 1 is 1.11 bits per heavy atom. The number of benzene rings is 2. The molecule has 2 aromatic carbocycles. The van der Waals surface area contributed by atoms with Crippen LogP contribution < -0.4 is 19.6 Å². The predicted molar refractivity (Wildman–Crippen MR) is 97.1 cm³/mol. The van der Waals surface area contributed by atoms with E-state index in [-0.39, 0.29) is 18.2 Å². The molecule has 0 radical (unpaired) electrons. The number of ether oxygens (including phenoxy) is 3. The van der Waals surface area contributed by atoms with Crippen molar-refractivity contribution in [1.82, 2.24) is 9.78 Å². The molecule has 0 aliphatic carbocycles. The topological polar surface area (TPSA) is 79.7 Å². The van der Waals surface area contributed by atoms with Gasteiger partial charge in [-0.25, -0.2) is 9.48 Å². The maximum Gasteiger partial charge on any atom is 0.368 e. The molecule has 4 rings (SSSR count). The Bertz CT molecular complexity index is 1090. The molecule has 7 nitrogen and oxygen atoms in total. The minimum absolute atomic E-state index is 0.109. The number of hydrogen-bond donors (Lipinski definition) is 0. The van der Waals surface area contributed by atoms with E-state index in [1.807, 2.05) is 0 Å². The Hall–Kier alpha value is -3.32. The van der Waals surface area contributed by atoms with Gasteiger partial charge in [-0.1, -0.05) is 11.6 Å². The zero-order chi connectivity index (χ0) is 19.0. The SMILES string of the molecule is Cc1cc(=O)c(C(=O)Oc2ccc3c(c2)OCO3)nn1-c1ccc(Cl)cc1. The van der Waals surface area contributed by atoms with Gasteiger partial charge in [0.2, 0.25) is 17.9 Å². The van der Waals surface area contributed by atoms with Gasteiger partial charge in [0.05, 0.1) is 5.69 Å². The van der Waals surface area contributed by atoms with Gasteiger partial charge in [-0.3, -0.25) is 4.79 Å². The second-order valence-electron chi connectivity index (χ2n) is 5.79. The van der Waals surface area contributed by atoms with Crippen LogP contribution in [0, 0.1) is 6.92 Å². The summed E-state index contributed by atoms with van der Waals surface area (Å²) in [5.41, 5.74) is 0.382. The standard InChI is InChI=1S/C19H13ClN2O5/c1-11-8-15(23)18(21-22(11)13-4-2-12(20)3-5-13)19(24)27-14-6-7-16-17(9-14)26-10-25-16/h2-9H,10H2,1H3. The van der Waals surface area contributed by atoms with E-state index in [9.17, 15) is 9.59 Å². The molecule has 0 saturated carbocycles.